The number of nitrogens with zero attached hydrogens (tertiary/aromatic N) is 3. The summed E-state index contributed by atoms with van der Waals surface area (Å²) in [6, 6.07) is 21.7. The van der Waals surface area contributed by atoms with Gasteiger partial charge in [0, 0.05) is 35.6 Å². The maximum Gasteiger partial charge on any atom is 0.251 e. The van der Waals surface area contributed by atoms with Crippen LogP contribution in [0.5, 0.6) is 0 Å². The molecule has 0 spiro atoms. The Morgan fingerprint density at radius 3 is 2.29 bits per heavy atom. The lowest BCUT2D eigenvalue weighted by Gasteiger charge is -2.30. The first-order chi connectivity index (χ1) is 16.3. The summed E-state index contributed by atoms with van der Waals surface area (Å²) >= 11 is 12.4. The van der Waals surface area contributed by atoms with E-state index in [0.29, 0.717) is 26.9 Å². The number of benzene rings is 3. The predicted octanol–water partition coefficient (Wildman–Crippen LogP) is 5.53. The highest BCUT2D eigenvalue weighted by atomic mass is 35.5. The molecule has 7 heteroatoms. The fraction of sp³-hybridized carbons (Fsp3) is 0.111. The number of fused-ring (bicyclic) bond motifs is 1. The van der Waals surface area contributed by atoms with E-state index in [4.69, 9.17) is 23.2 Å². The van der Waals surface area contributed by atoms with Crippen molar-refractivity contribution in [3.05, 3.63) is 123 Å². The standard InChI is InChI=1S/C27H21Cl2N3O2/c1-31-16-30-15-25(31)27(34,18-6-9-20(28)10-7-18)19-8-11-24-23(13-19)22(14-26(33)32(24)2)17-4-3-5-21(29)12-17/h3-16,34H,1-2H3/t27-/m1/s1. The molecule has 5 aromatic rings. The number of hydrogen-bond acceptors (Lipinski definition) is 3. The summed E-state index contributed by atoms with van der Waals surface area (Å²) in [5, 5.41) is 14.3. The molecule has 0 bridgehead atoms. The maximum atomic E-state index is 12.7. The van der Waals surface area contributed by atoms with Crippen molar-refractivity contribution in [3.63, 3.8) is 0 Å². The van der Waals surface area contributed by atoms with Gasteiger partial charge in [-0.1, -0.05) is 53.5 Å². The Kier molecular flexibility index (Phi) is 5.56. The van der Waals surface area contributed by atoms with E-state index in [1.54, 1.807) is 65.1 Å². The van der Waals surface area contributed by atoms with Crippen molar-refractivity contribution < 1.29 is 5.11 Å². The third kappa shape index (κ3) is 3.62. The number of aromatic nitrogens is 3. The Morgan fingerprint density at radius 1 is 0.882 bits per heavy atom. The summed E-state index contributed by atoms with van der Waals surface area (Å²) in [5.74, 6) is 0. The number of hydrogen-bond donors (Lipinski definition) is 1. The van der Waals surface area contributed by atoms with Crippen LogP contribution >= 0.6 is 23.2 Å². The van der Waals surface area contributed by atoms with Crippen LogP contribution in [0, 0.1) is 0 Å². The number of aryl methyl sites for hydroxylation is 2. The van der Waals surface area contributed by atoms with Gasteiger partial charge in [0.2, 0.25) is 0 Å². The highest BCUT2D eigenvalue weighted by molar-refractivity contribution is 6.31. The molecule has 5 nitrogen and oxygen atoms in total. The van der Waals surface area contributed by atoms with Crippen molar-refractivity contribution in [2.75, 3.05) is 0 Å². The molecule has 0 aliphatic rings. The normalized spacial score (nSPS) is 13.2. The summed E-state index contributed by atoms with van der Waals surface area (Å²) in [4.78, 5) is 17.0. The molecule has 0 unspecified atom stereocenters. The minimum Gasteiger partial charge on any atom is -0.374 e. The first-order valence-corrected chi connectivity index (χ1v) is 11.4. The first-order valence-electron chi connectivity index (χ1n) is 10.6. The van der Waals surface area contributed by atoms with Crippen molar-refractivity contribution in [1.29, 1.82) is 0 Å². The molecule has 2 heterocycles. The smallest absolute Gasteiger partial charge is 0.251 e. The number of imidazole rings is 1. The van der Waals surface area contributed by atoms with Gasteiger partial charge in [0.1, 0.15) is 0 Å². The molecule has 5 rings (SSSR count). The van der Waals surface area contributed by atoms with Gasteiger partial charge >= 0.3 is 0 Å². The molecule has 0 saturated carbocycles. The van der Waals surface area contributed by atoms with E-state index < -0.39 is 5.60 Å². The number of halogens is 2. The van der Waals surface area contributed by atoms with Crippen molar-refractivity contribution >= 4 is 34.1 Å². The van der Waals surface area contributed by atoms with Gasteiger partial charge in [0.15, 0.2) is 5.60 Å². The Balaban J connectivity index is 1.84. The van der Waals surface area contributed by atoms with Crippen molar-refractivity contribution in [2.45, 2.75) is 5.60 Å². The summed E-state index contributed by atoms with van der Waals surface area (Å²) in [6.45, 7) is 0. The molecular weight excluding hydrogens is 469 g/mol. The maximum absolute atomic E-state index is 12.7. The van der Waals surface area contributed by atoms with Crippen molar-refractivity contribution in [1.82, 2.24) is 14.1 Å². The average Bonchev–Trinajstić information content (AvgIpc) is 3.27. The summed E-state index contributed by atoms with van der Waals surface area (Å²) < 4.78 is 3.38. The molecule has 0 amide bonds. The Morgan fingerprint density at radius 2 is 1.62 bits per heavy atom. The van der Waals surface area contributed by atoms with Gasteiger partial charge in [-0.05, 0) is 58.7 Å². The minimum absolute atomic E-state index is 0.130. The fourth-order valence-corrected chi connectivity index (χ4v) is 4.76. The zero-order valence-corrected chi connectivity index (χ0v) is 20.0. The van der Waals surface area contributed by atoms with E-state index >= 15 is 0 Å². The van der Waals surface area contributed by atoms with E-state index in [1.807, 2.05) is 43.4 Å². The predicted molar refractivity (Wildman–Crippen MR) is 136 cm³/mol. The lowest BCUT2D eigenvalue weighted by molar-refractivity contribution is 0.117. The van der Waals surface area contributed by atoms with Gasteiger partial charge in [0.25, 0.3) is 5.56 Å². The van der Waals surface area contributed by atoms with Crippen LogP contribution in [-0.4, -0.2) is 19.2 Å². The molecule has 1 atom stereocenters. The number of pyridine rings is 1. The monoisotopic (exact) mass is 489 g/mol. The van der Waals surface area contributed by atoms with Gasteiger partial charge in [-0.15, -0.1) is 0 Å². The summed E-state index contributed by atoms with van der Waals surface area (Å²) in [5.41, 5.74) is 2.55. The number of aliphatic hydroxyl groups is 1. The van der Waals surface area contributed by atoms with Crippen LogP contribution in [0.2, 0.25) is 10.0 Å². The van der Waals surface area contributed by atoms with Gasteiger partial charge in [-0.25, -0.2) is 4.98 Å². The Bertz CT molecular complexity index is 1590. The van der Waals surface area contributed by atoms with Crippen LogP contribution in [-0.2, 0) is 19.7 Å². The second-order valence-electron chi connectivity index (χ2n) is 8.30. The number of rotatable bonds is 4. The average molecular weight is 490 g/mol. The molecule has 34 heavy (non-hydrogen) atoms. The zero-order chi connectivity index (χ0) is 24.0. The lowest BCUT2D eigenvalue weighted by atomic mass is 9.82. The lowest BCUT2D eigenvalue weighted by Crippen LogP contribution is -2.31. The quantitative estimate of drug-likeness (QED) is 0.361. The highest BCUT2D eigenvalue weighted by Gasteiger charge is 2.37. The summed E-state index contributed by atoms with van der Waals surface area (Å²) in [7, 11) is 3.57. The third-order valence-corrected chi connectivity index (χ3v) is 6.74. The molecule has 0 radical (unpaired) electrons. The zero-order valence-electron chi connectivity index (χ0n) is 18.5. The third-order valence-electron chi connectivity index (χ3n) is 6.25. The highest BCUT2D eigenvalue weighted by Crippen LogP contribution is 2.39. The SMILES string of the molecule is Cn1cncc1[C@@](O)(c1ccc(Cl)cc1)c1ccc2c(c1)c(-c1cccc(Cl)c1)cc(=O)n2C. The largest absolute Gasteiger partial charge is 0.374 e. The minimum atomic E-state index is -1.51. The Labute approximate surface area is 206 Å². The van der Waals surface area contributed by atoms with E-state index in [9.17, 15) is 9.90 Å². The van der Waals surface area contributed by atoms with E-state index in [1.165, 1.54) is 0 Å². The second-order valence-corrected chi connectivity index (χ2v) is 9.18. The Hall–Kier alpha value is -3.38. The van der Waals surface area contributed by atoms with Crippen LogP contribution in [0.25, 0.3) is 22.0 Å². The molecule has 0 fully saturated rings. The van der Waals surface area contributed by atoms with Crippen LogP contribution in [0.15, 0.2) is 90.1 Å². The molecular formula is C27H21Cl2N3O2. The van der Waals surface area contributed by atoms with Crippen LogP contribution in [0.3, 0.4) is 0 Å². The molecule has 0 aliphatic carbocycles. The molecule has 2 aromatic heterocycles. The first kappa shape index (κ1) is 22.4. The van der Waals surface area contributed by atoms with Crippen LogP contribution in [0.1, 0.15) is 16.8 Å². The van der Waals surface area contributed by atoms with Crippen LogP contribution < -0.4 is 5.56 Å². The van der Waals surface area contributed by atoms with Crippen LogP contribution in [0.4, 0.5) is 0 Å². The van der Waals surface area contributed by atoms with Gasteiger partial charge in [0.05, 0.1) is 23.7 Å². The van der Waals surface area contributed by atoms with E-state index in [0.717, 1.165) is 22.0 Å². The molecule has 170 valence electrons. The molecule has 0 aliphatic heterocycles. The second kappa shape index (κ2) is 8.44. The van der Waals surface area contributed by atoms with Crippen molar-refractivity contribution in [2.24, 2.45) is 14.1 Å². The van der Waals surface area contributed by atoms with Crippen molar-refractivity contribution in [3.8, 4) is 11.1 Å². The van der Waals surface area contributed by atoms with Gasteiger partial charge in [-0.2, -0.15) is 0 Å². The van der Waals surface area contributed by atoms with Gasteiger partial charge < -0.3 is 14.2 Å². The fourth-order valence-electron chi connectivity index (χ4n) is 4.44. The van der Waals surface area contributed by atoms with E-state index in [-0.39, 0.29) is 5.56 Å². The van der Waals surface area contributed by atoms with Gasteiger partial charge in [-0.3, -0.25) is 4.79 Å². The summed E-state index contributed by atoms with van der Waals surface area (Å²) in [6.07, 6.45) is 3.30. The van der Waals surface area contributed by atoms with E-state index in [2.05, 4.69) is 4.98 Å². The molecule has 0 saturated heterocycles. The topological polar surface area (TPSA) is 60.0 Å². The molecule has 1 N–H and O–H groups in total. The molecule has 3 aromatic carbocycles.